The molecule has 200 valence electrons. The zero-order valence-corrected chi connectivity index (χ0v) is 22.3. The lowest BCUT2D eigenvalue weighted by atomic mass is 9.80. The summed E-state index contributed by atoms with van der Waals surface area (Å²) in [6, 6.07) is 13.9. The number of nitrogens with zero attached hydrogens (tertiary/aromatic N) is 1. The number of methoxy groups -OCH3 is 2. The second-order valence-electron chi connectivity index (χ2n) is 9.85. The normalized spacial score (nSPS) is 19.5. The van der Waals surface area contributed by atoms with Gasteiger partial charge >= 0.3 is 0 Å². The number of hydrogen-bond donors (Lipinski definition) is 3. The predicted octanol–water partition coefficient (Wildman–Crippen LogP) is 5.06. The lowest BCUT2D eigenvalue weighted by molar-refractivity contribution is -0.122. The van der Waals surface area contributed by atoms with Crippen LogP contribution in [0.2, 0.25) is 0 Å². The molecule has 2 atom stereocenters. The van der Waals surface area contributed by atoms with E-state index in [1.165, 1.54) is 5.56 Å². The molecule has 0 saturated carbocycles. The highest BCUT2D eigenvalue weighted by molar-refractivity contribution is 5.92. The summed E-state index contributed by atoms with van der Waals surface area (Å²) in [5, 5.41) is 14.0. The molecule has 7 heteroatoms. The van der Waals surface area contributed by atoms with E-state index in [1.807, 2.05) is 36.4 Å². The number of aryl methyl sites for hydroxylation is 2. The van der Waals surface area contributed by atoms with E-state index in [0.717, 1.165) is 43.4 Å². The van der Waals surface area contributed by atoms with Crippen molar-refractivity contribution in [3.8, 4) is 11.5 Å². The van der Waals surface area contributed by atoms with Crippen molar-refractivity contribution in [3.63, 3.8) is 0 Å². The molecule has 0 saturated heterocycles. The summed E-state index contributed by atoms with van der Waals surface area (Å²) in [5.41, 5.74) is 7.96. The number of carbonyl (C=O) groups is 1. The minimum atomic E-state index is -1.03. The van der Waals surface area contributed by atoms with Crippen molar-refractivity contribution in [1.29, 1.82) is 0 Å². The highest BCUT2D eigenvalue weighted by Gasteiger charge is 2.30. The van der Waals surface area contributed by atoms with E-state index in [0.29, 0.717) is 42.6 Å². The van der Waals surface area contributed by atoms with E-state index in [2.05, 4.69) is 28.5 Å². The molecule has 1 aliphatic rings. The van der Waals surface area contributed by atoms with Crippen molar-refractivity contribution in [1.82, 2.24) is 0 Å². The molecule has 1 aliphatic carbocycles. The Labute approximate surface area is 220 Å². The van der Waals surface area contributed by atoms with Gasteiger partial charge in [-0.15, -0.1) is 0 Å². The summed E-state index contributed by atoms with van der Waals surface area (Å²) >= 11 is 0. The number of aliphatic imine (C=N–C) groups is 1. The van der Waals surface area contributed by atoms with Gasteiger partial charge in [0.2, 0.25) is 0 Å². The van der Waals surface area contributed by atoms with Crippen LogP contribution in [0.5, 0.6) is 11.5 Å². The second-order valence-corrected chi connectivity index (χ2v) is 9.85. The number of ether oxygens (including phenoxy) is 2. The molecule has 0 radical (unpaired) electrons. The van der Waals surface area contributed by atoms with Crippen LogP contribution in [-0.2, 0) is 17.6 Å². The zero-order valence-electron chi connectivity index (χ0n) is 22.3. The third kappa shape index (κ3) is 8.93. The van der Waals surface area contributed by atoms with Crippen molar-refractivity contribution in [2.24, 2.45) is 16.6 Å². The molecule has 3 rings (SSSR count). The molecule has 0 amide bonds. The van der Waals surface area contributed by atoms with Crippen molar-refractivity contribution < 1.29 is 19.4 Å². The Hall–Kier alpha value is -3.32. The number of carbonyl (C=O) groups excluding carboxylic acids is 1. The first-order valence-corrected chi connectivity index (χ1v) is 13.1. The smallest absolute Gasteiger partial charge is 0.192 e. The maximum atomic E-state index is 12.6. The SMILES string of the molecule is CN=C(N)Nc1cccc(CCCCC2C=CC(O)(CC(=O)CCc3ccc(OC)c(OC)c3)CC2)c1. The Bertz CT molecular complexity index is 1100. The first kappa shape index (κ1) is 28.3. The summed E-state index contributed by atoms with van der Waals surface area (Å²) in [6.45, 7) is 0. The van der Waals surface area contributed by atoms with Crippen LogP contribution in [0, 0.1) is 5.92 Å². The number of rotatable bonds is 13. The Morgan fingerprint density at radius 2 is 1.89 bits per heavy atom. The number of aliphatic hydroxyl groups is 1. The van der Waals surface area contributed by atoms with Gasteiger partial charge in [0.05, 0.1) is 19.8 Å². The van der Waals surface area contributed by atoms with Crippen LogP contribution in [0.3, 0.4) is 0 Å². The molecule has 37 heavy (non-hydrogen) atoms. The van der Waals surface area contributed by atoms with Gasteiger partial charge in [-0.3, -0.25) is 9.79 Å². The van der Waals surface area contributed by atoms with Crippen LogP contribution in [0.15, 0.2) is 59.6 Å². The van der Waals surface area contributed by atoms with Gasteiger partial charge in [-0.2, -0.15) is 0 Å². The first-order chi connectivity index (χ1) is 17.8. The Morgan fingerprint density at radius 3 is 2.59 bits per heavy atom. The molecule has 4 N–H and O–H groups in total. The van der Waals surface area contributed by atoms with Crippen LogP contribution < -0.4 is 20.5 Å². The van der Waals surface area contributed by atoms with Crippen LogP contribution in [0.25, 0.3) is 0 Å². The van der Waals surface area contributed by atoms with Crippen molar-refractivity contribution in [2.45, 2.75) is 63.4 Å². The number of hydrogen-bond acceptors (Lipinski definition) is 5. The van der Waals surface area contributed by atoms with Crippen molar-refractivity contribution in [3.05, 3.63) is 65.7 Å². The highest BCUT2D eigenvalue weighted by Crippen LogP contribution is 2.32. The summed E-state index contributed by atoms with van der Waals surface area (Å²) < 4.78 is 10.6. The van der Waals surface area contributed by atoms with E-state index in [1.54, 1.807) is 21.3 Å². The molecule has 2 aromatic rings. The van der Waals surface area contributed by atoms with Gasteiger partial charge in [0.25, 0.3) is 0 Å². The monoisotopic (exact) mass is 507 g/mol. The predicted molar refractivity (Wildman–Crippen MR) is 149 cm³/mol. The maximum Gasteiger partial charge on any atom is 0.192 e. The molecule has 7 nitrogen and oxygen atoms in total. The van der Waals surface area contributed by atoms with Crippen LogP contribution >= 0.6 is 0 Å². The van der Waals surface area contributed by atoms with E-state index >= 15 is 0 Å². The number of nitrogens with one attached hydrogen (secondary N) is 1. The molecule has 0 fully saturated rings. The first-order valence-electron chi connectivity index (χ1n) is 13.1. The molecule has 2 aromatic carbocycles. The Balaban J connectivity index is 1.39. The van der Waals surface area contributed by atoms with E-state index < -0.39 is 5.60 Å². The lowest BCUT2D eigenvalue weighted by Crippen LogP contribution is -2.32. The molecule has 0 aromatic heterocycles. The third-order valence-corrected chi connectivity index (χ3v) is 7.00. The quantitative estimate of drug-likeness (QED) is 0.151. The topological polar surface area (TPSA) is 106 Å². The van der Waals surface area contributed by atoms with E-state index in [9.17, 15) is 9.90 Å². The van der Waals surface area contributed by atoms with Crippen LogP contribution in [0.1, 0.15) is 56.1 Å². The third-order valence-electron chi connectivity index (χ3n) is 7.00. The maximum absolute atomic E-state index is 12.6. The second kappa shape index (κ2) is 13.8. The van der Waals surface area contributed by atoms with E-state index in [-0.39, 0.29) is 12.2 Å². The Kier molecular flexibility index (Phi) is 10.6. The van der Waals surface area contributed by atoms with Crippen molar-refractivity contribution in [2.75, 3.05) is 26.6 Å². The van der Waals surface area contributed by atoms with Gasteiger partial charge in [-0.05, 0) is 79.8 Å². The molecule has 0 spiro atoms. The Morgan fingerprint density at radius 1 is 1.11 bits per heavy atom. The average molecular weight is 508 g/mol. The number of ketones is 1. The van der Waals surface area contributed by atoms with Gasteiger partial charge in [0.15, 0.2) is 17.5 Å². The molecular formula is C30H41N3O4. The number of benzene rings is 2. The number of guanidine groups is 1. The van der Waals surface area contributed by atoms with Gasteiger partial charge in [-0.1, -0.05) is 36.8 Å². The number of nitrogens with two attached hydrogens (primary N) is 1. The highest BCUT2D eigenvalue weighted by atomic mass is 16.5. The zero-order chi connectivity index (χ0) is 26.7. The van der Waals surface area contributed by atoms with Gasteiger partial charge in [0.1, 0.15) is 5.78 Å². The largest absolute Gasteiger partial charge is 0.493 e. The fourth-order valence-corrected chi connectivity index (χ4v) is 4.81. The molecular weight excluding hydrogens is 466 g/mol. The van der Waals surface area contributed by atoms with Crippen LogP contribution in [-0.4, -0.2) is 43.7 Å². The average Bonchev–Trinajstić information content (AvgIpc) is 2.90. The van der Waals surface area contributed by atoms with Crippen LogP contribution in [0.4, 0.5) is 5.69 Å². The molecule has 2 unspecified atom stereocenters. The van der Waals surface area contributed by atoms with Gasteiger partial charge in [0, 0.05) is 25.6 Å². The molecule has 0 aliphatic heterocycles. The standard InChI is InChI=1S/C30H41N3O4/c1-32-29(31)33-25-10-6-9-23(19-25)8-5-4-7-22-15-17-30(35,18-16-22)21-26(34)13-11-24-12-14-27(36-2)28(20-24)37-3/h6,9-10,12,14-15,17,19-20,22,35H,4-5,7-8,11,13,16,18,21H2,1-3H3,(H3,31,32,33). The number of unbranched alkanes of at least 4 members (excludes halogenated alkanes) is 1. The summed E-state index contributed by atoms with van der Waals surface area (Å²) in [5.74, 6) is 2.26. The van der Waals surface area contributed by atoms with Gasteiger partial charge < -0.3 is 25.6 Å². The number of Topliss-reactive ketones (excluding diaryl/α,β-unsaturated/α-hetero) is 1. The molecule has 0 bridgehead atoms. The van der Waals surface area contributed by atoms with Crippen molar-refractivity contribution >= 4 is 17.4 Å². The minimum absolute atomic E-state index is 0.0732. The molecule has 0 heterocycles. The number of allylic oxidation sites excluding steroid dienone is 1. The summed E-state index contributed by atoms with van der Waals surface area (Å²) in [4.78, 5) is 16.6. The summed E-state index contributed by atoms with van der Waals surface area (Å²) in [7, 11) is 4.86. The minimum Gasteiger partial charge on any atom is -0.493 e. The fraction of sp³-hybridized carbons (Fsp3) is 0.467. The van der Waals surface area contributed by atoms with Gasteiger partial charge in [-0.25, -0.2) is 0 Å². The van der Waals surface area contributed by atoms with E-state index in [4.69, 9.17) is 15.2 Å². The number of anilines is 1. The lowest BCUT2D eigenvalue weighted by Gasteiger charge is -2.30. The summed E-state index contributed by atoms with van der Waals surface area (Å²) in [6.07, 6.45) is 11.0. The fourth-order valence-electron chi connectivity index (χ4n) is 4.81.